The molecular weight excluding hydrogens is 281 g/mol. The molecule has 0 unspecified atom stereocenters. The van der Waals surface area contributed by atoms with Crippen LogP contribution in [0.1, 0.15) is 0 Å². The van der Waals surface area contributed by atoms with E-state index in [0.29, 0.717) is 11.4 Å². The molecule has 6 heteroatoms. The predicted octanol–water partition coefficient (Wildman–Crippen LogP) is 3.72. The Morgan fingerprint density at radius 2 is 1.76 bits per heavy atom. The molecule has 3 rings (SSSR count). The van der Waals surface area contributed by atoms with Gasteiger partial charge < -0.3 is 15.3 Å². The van der Waals surface area contributed by atoms with Crippen LogP contribution < -0.4 is 10.2 Å². The van der Waals surface area contributed by atoms with Crippen LogP contribution >= 0.6 is 0 Å². The highest BCUT2D eigenvalue weighted by Gasteiger charge is 2.36. The number of para-hydroxylation sites is 1. The lowest BCUT2D eigenvalue weighted by Gasteiger charge is -2.32. The summed E-state index contributed by atoms with van der Waals surface area (Å²) in [7, 11) is 0. The summed E-state index contributed by atoms with van der Waals surface area (Å²) in [5.74, 6) is -0.0491. The van der Waals surface area contributed by atoms with Gasteiger partial charge in [0.25, 0.3) is 0 Å². The van der Waals surface area contributed by atoms with E-state index in [1.165, 1.54) is 17.2 Å². The smallest absolute Gasteiger partial charge is 0.417 e. The number of benzene rings is 1. The molecule has 0 fully saturated rings. The number of aliphatic hydroxyl groups is 1. The molecule has 0 saturated heterocycles. The van der Waals surface area contributed by atoms with Gasteiger partial charge in [-0.15, -0.1) is 0 Å². The molecule has 3 nitrogen and oxygen atoms in total. The van der Waals surface area contributed by atoms with Crippen LogP contribution in [0.25, 0.3) is 0 Å². The molecule has 0 saturated carbocycles. The Kier molecular flexibility index (Phi) is 3.01. The van der Waals surface area contributed by atoms with Crippen molar-refractivity contribution in [3.8, 4) is 0 Å². The number of nitrogens with zero attached hydrogens (tertiary/aromatic N) is 1. The van der Waals surface area contributed by atoms with Crippen molar-refractivity contribution in [2.24, 2.45) is 0 Å². The number of fused-ring (bicyclic) bond motifs is 1. The SMILES string of the molecule is OC1=CNC2=CC(C(F)(F)F)=CN(c3ccccc3)C2=C1. The Balaban J connectivity index is 2.12. The van der Waals surface area contributed by atoms with Crippen molar-refractivity contribution in [1.29, 1.82) is 0 Å². The van der Waals surface area contributed by atoms with Crippen molar-refractivity contribution in [2.75, 3.05) is 4.90 Å². The number of rotatable bonds is 1. The van der Waals surface area contributed by atoms with E-state index < -0.39 is 11.7 Å². The van der Waals surface area contributed by atoms with Gasteiger partial charge in [0.1, 0.15) is 5.76 Å². The van der Waals surface area contributed by atoms with Crippen LogP contribution in [-0.2, 0) is 0 Å². The van der Waals surface area contributed by atoms with Gasteiger partial charge in [-0.2, -0.15) is 13.2 Å². The van der Waals surface area contributed by atoms with Crippen molar-refractivity contribution in [1.82, 2.24) is 5.32 Å². The molecule has 2 N–H and O–H groups in total. The summed E-state index contributed by atoms with van der Waals surface area (Å²) < 4.78 is 39.0. The zero-order valence-electron chi connectivity index (χ0n) is 10.7. The van der Waals surface area contributed by atoms with Gasteiger partial charge >= 0.3 is 6.18 Å². The lowest BCUT2D eigenvalue weighted by atomic mass is 10.1. The number of alkyl halides is 3. The van der Waals surface area contributed by atoms with E-state index in [0.717, 1.165) is 12.3 Å². The minimum atomic E-state index is -4.45. The molecule has 108 valence electrons. The topological polar surface area (TPSA) is 35.5 Å². The lowest BCUT2D eigenvalue weighted by molar-refractivity contribution is -0.0885. The molecule has 0 atom stereocenters. The summed E-state index contributed by atoms with van der Waals surface area (Å²) in [6.07, 6.45) is 0.256. The summed E-state index contributed by atoms with van der Waals surface area (Å²) in [6, 6.07) is 8.65. The number of halogens is 3. The fraction of sp³-hybridized carbons (Fsp3) is 0.0667. The van der Waals surface area contributed by atoms with Crippen LogP contribution in [0.3, 0.4) is 0 Å². The largest absolute Gasteiger partial charge is 0.506 e. The first-order valence-corrected chi connectivity index (χ1v) is 6.18. The average molecular weight is 292 g/mol. The number of allylic oxidation sites excluding steroid dienone is 3. The first-order chi connectivity index (χ1) is 9.95. The fourth-order valence-corrected chi connectivity index (χ4v) is 2.16. The Bertz CT molecular complexity index is 685. The fourth-order valence-electron chi connectivity index (χ4n) is 2.16. The molecule has 0 spiro atoms. The molecule has 21 heavy (non-hydrogen) atoms. The molecule has 2 heterocycles. The highest BCUT2D eigenvalue weighted by Crippen LogP contribution is 2.36. The van der Waals surface area contributed by atoms with Gasteiger partial charge in [-0.05, 0) is 18.2 Å². The number of hydrogen-bond donors (Lipinski definition) is 2. The van der Waals surface area contributed by atoms with Gasteiger partial charge in [0.05, 0.1) is 17.0 Å². The molecule has 1 aromatic rings. The van der Waals surface area contributed by atoms with E-state index >= 15 is 0 Å². The van der Waals surface area contributed by atoms with Gasteiger partial charge in [0.2, 0.25) is 0 Å². The maximum Gasteiger partial charge on any atom is 0.417 e. The summed E-state index contributed by atoms with van der Waals surface area (Å²) in [5.41, 5.74) is 0.550. The van der Waals surface area contributed by atoms with Crippen LogP contribution in [0.2, 0.25) is 0 Å². The summed E-state index contributed by atoms with van der Waals surface area (Å²) in [6.45, 7) is 0. The Morgan fingerprint density at radius 3 is 2.43 bits per heavy atom. The van der Waals surface area contributed by atoms with E-state index in [9.17, 15) is 18.3 Å². The van der Waals surface area contributed by atoms with Crippen molar-refractivity contribution in [3.05, 3.63) is 77.6 Å². The van der Waals surface area contributed by atoms with Gasteiger partial charge in [-0.3, -0.25) is 0 Å². The van der Waals surface area contributed by atoms with E-state index in [1.807, 2.05) is 0 Å². The number of hydrogen-bond acceptors (Lipinski definition) is 3. The van der Waals surface area contributed by atoms with Crippen molar-refractivity contribution in [2.45, 2.75) is 6.18 Å². The maximum absolute atomic E-state index is 13.0. The molecule has 1 aromatic carbocycles. The molecule has 2 aliphatic rings. The first kappa shape index (κ1) is 13.4. The molecule has 0 aromatic heterocycles. The number of aliphatic hydroxyl groups excluding tert-OH is 1. The minimum absolute atomic E-state index is 0.0491. The van der Waals surface area contributed by atoms with E-state index in [2.05, 4.69) is 5.32 Å². The zero-order valence-corrected chi connectivity index (χ0v) is 10.7. The quantitative estimate of drug-likeness (QED) is 0.828. The van der Waals surface area contributed by atoms with Gasteiger partial charge in [-0.25, -0.2) is 0 Å². The van der Waals surface area contributed by atoms with Gasteiger partial charge in [-0.1, -0.05) is 18.2 Å². The molecular formula is C15H11F3N2O. The number of nitrogens with one attached hydrogen (secondary N) is 1. The van der Waals surface area contributed by atoms with E-state index in [1.54, 1.807) is 30.3 Å². The zero-order chi connectivity index (χ0) is 15.0. The molecule has 2 aliphatic heterocycles. The highest BCUT2D eigenvalue weighted by molar-refractivity contribution is 5.65. The third kappa shape index (κ3) is 2.52. The molecule has 0 aliphatic carbocycles. The van der Waals surface area contributed by atoms with Gasteiger partial charge in [0.15, 0.2) is 0 Å². The lowest BCUT2D eigenvalue weighted by Crippen LogP contribution is -2.30. The first-order valence-electron chi connectivity index (χ1n) is 6.18. The third-order valence-corrected chi connectivity index (χ3v) is 3.13. The van der Waals surface area contributed by atoms with E-state index in [4.69, 9.17) is 0 Å². The molecule has 0 amide bonds. The maximum atomic E-state index is 13.0. The van der Waals surface area contributed by atoms with Gasteiger partial charge in [0, 0.05) is 24.2 Å². The van der Waals surface area contributed by atoms with E-state index in [-0.39, 0.29) is 11.5 Å². The van der Waals surface area contributed by atoms with Crippen LogP contribution in [0, 0.1) is 0 Å². The highest BCUT2D eigenvalue weighted by atomic mass is 19.4. The Labute approximate surface area is 119 Å². The average Bonchev–Trinajstić information content (AvgIpc) is 2.46. The Hall–Kier alpha value is -2.63. The number of anilines is 1. The second kappa shape index (κ2) is 4.73. The van der Waals surface area contributed by atoms with Crippen molar-refractivity contribution in [3.63, 3.8) is 0 Å². The summed E-state index contributed by atoms with van der Waals surface area (Å²) in [4.78, 5) is 1.40. The molecule has 0 bridgehead atoms. The van der Waals surface area contributed by atoms with Crippen LogP contribution in [0.15, 0.2) is 77.6 Å². The third-order valence-electron chi connectivity index (χ3n) is 3.13. The predicted molar refractivity (Wildman–Crippen MR) is 73.1 cm³/mol. The normalized spacial score (nSPS) is 18.0. The second-order valence-electron chi connectivity index (χ2n) is 4.59. The van der Waals surface area contributed by atoms with Crippen LogP contribution in [0.4, 0.5) is 18.9 Å². The van der Waals surface area contributed by atoms with Crippen LogP contribution in [-0.4, -0.2) is 11.3 Å². The van der Waals surface area contributed by atoms with Crippen molar-refractivity contribution < 1.29 is 18.3 Å². The number of dihydropyridines is 1. The second-order valence-corrected chi connectivity index (χ2v) is 4.59. The monoisotopic (exact) mass is 292 g/mol. The standard InChI is InChI=1S/C15H11F3N2O/c16-15(17,18)10-6-13-14(7-12(21)8-19-13)20(9-10)11-4-2-1-3-5-11/h1-9,19,21H. The van der Waals surface area contributed by atoms with Crippen molar-refractivity contribution >= 4 is 5.69 Å². The molecule has 0 radical (unpaired) electrons. The summed E-state index contributed by atoms with van der Waals surface area (Å²) in [5, 5.41) is 12.2. The minimum Gasteiger partial charge on any atom is -0.506 e. The summed E-state index contributed by atoms with van der Waals surface area (Å²) >= 11 is 0. The Morgan fingerprint density at radius 1 is 1.05 bits per heavy atom. The van der Waals surface area contributed by atoms with Crippen LogP contribution in [0.5, 0.6) is 0 Å².